The highest BCUT2D eigenvalue weighted by Gasteiger charge is 2.32. The van der Waals surface area contributed by atoms with Crippen molar-refractivity contribution in [2.45, 2.75) is 19.4 Å². The lowest BCUT2D eigenvalue weighted by Crippen LogP contribution is -2.47. The van der Waals surface area contributed by atoms with Gasteiger partial charge in [-0.1, -0.05) is 42.8 Å². The molecule has 2 N–H and O–H groups in total. The fourth-order valence-corrected chi connectivity index (χ4v) is 4.33. The fraction of sp³-hybridized carbons (Fsp3) is 0.238. The molecule has 7 nitrogen and oxygen atoms in total. The standard InChI is InChI=1S/C21H24ClN3O4S/c1-4-13-23-20(26)17-11-6-7-12-18(17)24-21(27)19(5-2)25(30(3,28)29)16-10-8-9-15(22)14-16/h4,6-12,14,19H,1,5,13H2,2-3H3,(H,23,26)(H,24,27). The Morgan fingerprint density at radius 1 is 1.20 bits per heavy atom. The first kappa shape index (κ1) is 23.4. The lowest BCUT2D eigenvalue weighted by molar-refractivity contribution is -0.117. The van der Waals surface area contributed by atoms with Crippen molar-refractivity contribution in [2.75, 3.05) is 22.4 Å². The Bertz CT molecular complexity index is 1040. The molecule has 0 bridgehead atoms. The maximum absolute atomic E-state index is 13.1. The number of amides is 2. The zero-order chi connectivity index (χ0) is 22.3. The van der Waals surface area contributed by atoms with Crippen molar-refractivity contribution < 1.29 is 18.0 Å². The molecular weight excluding hydrogens is 426 g/mol. The van der Waals surface area contributed by atoms with Gasteiger partial charge in [0.05, 0.1) is 23.2 Å². The highest BCUT2D eigenvalue weighted by molar-refractivity contribution is 7.92. The van der Waals surface area contributed by atoms with Crippen LogP contribution in [0.3, 0.4) is 0 Å². The first-order chi connectivity index (χ1) is 14.2. The summed E-state index contributed by atoms with van der Waals surface area (Å²) in [6.45, 7) is 5.53. The summed E-state index contributed by atoms with van der Waals surface area (Å²) in [5.74, 6) is -0.944. The van der Waals surface area contributed by atoms with Crippen molar-refractivity contribution in [3.05, 3.63) is 71.8 Å². The van der Waals surface area contributed by atoms with Gasteiger partial charge in [-0.3, -0.25) is 13.9 Å². The van der Waals surface area contributed by atoms with Gasteiger partial charge in [0.15, 0.2) is 0 Å². The lowest BCUT2D eigenvalue weighted by atomic mass is 10.1. The molecule has 9 heteroatoms. The number of carbonyl (C=O) groups excluding carboxylic acids is 2. The topological polar surface area (TPSA) is 95.6 Å². The van der Waals surface area contributed by atoms with Gasteiger partial charge in [0, 0.05) is 11.6 Å². The SMILES string of the molecule is C=CCNC(=O)c1ccccc1NC(=O)C(CC)N(c1cccc(Cl)c1)S(C)(=O)=O. The number of hydrogen-bond donors (Lipinski definition) is 2. The monoisotopic (exact) mass is 449 g/mol. The number of nitrogens with one attached hydrogen (secondary N) is 2. The summed E-state index contributed by atoms with van der Waals surface area (Å²) in [4.78, 5) is 25.4. The smallest absolute Gasteiger partial charge is 0.253 e. The largest absolute Gasteiger partial charge is 0.349 e. The van der Waals surface area contributed by atoms with Gasteiger partial charge in [0.1, 0.15) is 6.04 Å². The highest BCUT2D eigenvalue weighted by Crippen LogP contribution is 2.26. The second-order valence-corrected chi connectivity index (χ2v) is 8.79. The van der Waals surface area contributed by atoms with Crippen molar-refractivity contribution in [3.8, 4) is 0 Å². The first-order valence-corrected chi connectivity index (χ1v) is 11.5. The number of rotatable bonds is 9. The maximum Gasteiger partial charge on any atom is 0.253 e. The van der Waals surface area contributed by atoms with E-state index >= 15 is 0 Å². The third-order valence-electron chi connectivity index (χ3n) is 4.23. The number of carbonyl (C=O) groups is 2. The van der Waals surface area contributed by atoms with Gasteiger partial charge >= 0.3 is 0 Å². The summed E-state index contributed by atoms with van der Waals surface area (Å²) in [5.41, 5.74) is 0.822. The van der Waals surface area contributed by atoms with Crippen LogP contribution in [-0.2, 0) is 14.8 Å². The Morgan fingerprint density at radius 3 is 2.50 bits per heavy atom. The molecular formula is C21H24ClN3O4S. The number of nitrogens with zero attached hydrogens (tertiary/aromatic N) is 1. The first-order valence-electron chi connectivity index (χ1n) is 9.23. The number of hydrogen-bond acceptors (Lipinski definition) is 4. The Morgan fingerprint density at radius 2 is 1.90 bits per heavy atom. The molecule has 0 heterocycles. The van der Waals surface area contributed by atoms with Crippen molar-refractivity contribution in [1.82, 2.24) is 5.32 Å². The fourth-order valence-electron chi connectivity index (χ4n) is 2.94. The molecule has 0 aliphatic carbocycles. The second kappa shape index (κ2) is 10.3. The molecule has 0 saturated heterocycles. The highest BCUT2D eigenvalue weighted by atomic mass is 35.5. The van der Waals surface area contributed by atoms with E-state index in [1.807, 2.05) is 0 Å². The Labute approximate surface area is 181 Å². The van der Waals surface area contributed by atoms with E-state index in [9.17, 15) is 18.0 Å². The van der Waals surface area contributed by atoms with Crippen molar-refractivity contribution in [2.24, 2.45) is 0 Å². The van der Waals surface area contributed by atoms with Crippen LogP contribution in [0.1, 0.15) is 23.7 Å². The molecule has 0 radical (unpaired) electrons. The van der Waals surface area contributed by atoms with E-state index in [1.54, 1.807) is 55.5 Å². The summed E-state index contributed by atoms with van der Waals surface area (Å²) in [7, 11) is -3.80. The summed E-state index contributed by atoms with van der Waals surface area (Å²) >= 11 is 6.02. The Hall–Kier alpha value is -2.84. The van der Waals surface area contributed by atoms with Crippen LogP contribution in [0.5, 0.6) is 0 Å². The second-order valence-electron chi connectivity index (χ2n) is 6.50. The average Bonchev–Trinajstić information content (AvgIpc) is 2.69. The summed E-state index contributed by atoms with van der Waals surface area (Å²) in [5, 5.41) is 5.69. The van der Waals surface area contributed by atoms with Gasteiger partial charge < -0.3 is 10.6 Å². The molecule has 2 aromatic carbocycles. The summed E-state index contributed by atoms with van der Waals surface area (Å²) < 4.78 is 26.1. The third kappa shape index (κ3) is 5.84. The molecule has 2 aromatic rings. The van der Waals surface area contributed by atoms with Crippen LogP contribution in [0.2, 0.25) is 5.02 Å². The molecule has 1 atom stereocenters. The lowest BCUT2D eigenvalue weighted by Gasteiger charge is -2.30. The molecule has 2 rings (SSSR count). The van der Waals surface area contributed by atoms with Crippen LogP contribution in [-0.4, -0.2) is 39.1 Å². The molecule has 0 fully saturated rings. The van der Waals surface area contributed by atoms with Gasteiger partial charge in [-0.2, -0.15) is 0 Å². The normalized spacial score (nSPS) is 12.0. The quantitative estimate of drug-likeness (QED) is 0.573. The molecule has 0 saturated carbocycles. The predicted octanol–water partition coefficient (Wildman–Crippen LogP) is 3.44. The van der Waals surface area contributed by atoms with Gasteiger partial charge in [0.25, 0.3) is 5.91 Å². The van der Waals surface area contributed by atoms with E-state index in [1.165, 1.54) is 6.07 Å². The minimum absolute atomic E-state index is 0.205. The van der Waals surface area contributed by atoms with E-state index in [0.29, 0.717) is 5.02 Å². The number of para-hydroxylation sites is 1. The Balaban J connectivity index is 2.38. The summed E-state index contributed by atoms with van der Waals surface area (Å²) in [6, 6.07) is 11.7. The van der Waals surface area contributed by atoms with Crippen LogP contribution in [0.15, 0.2) is 61.2 Å². The van der Waals surface area contributed by atoms with E-state index in [-0.39, 0.29) is 35.8 Å². The molecule has 30 heavy (non-hydrogen) atoms. The van der Waals surface area contributed by atoms with E-state index < -0.39 is 22.0 Å². The minimum atomic E-state index is -3.80. The van der Waals surface area contributed by atoms with Gasteiger partial charge in [-0.15, -0.1) is 6.58 Å². The van der Waals surface area contributed by atoms with Crippen LogP contribution in [0.4, 0.5) is 11.4 Å². The zero-order valence-corrected chi connectivity index (χ0v) is 18.3. The molecule has 0 spiro atoms. The maximum atomic E-state index is 13.1. The van der Waals surface area contributed by atoms with Crippen LogP contribution in [0.25, 0.3) is 0 Å². The van der Waals surface area contributed by atoms with Crippen LogP contribution in [0, 0.1) is 0 Å². The Kier molecular flexibility index (Phi) is 8.02. The molecule has 0 aliphatic rings. The molecule has 2 amide bonds. The van der Waals surface area contributed by atoms with Gasteiger partial charge in [0.2, 0.25) is 15.9 Å². The number of anilines is 2. The molecule has 160 valence electrons. The van der Waals surface area contributed by atoms with Crippen LogP contribution < -0.4 is 14.9 Å². The van der Waals surface area contributed by atoms with E-state index in [2.05, 4.69) is 17.2 Å². The van der Waals surface area contributed by atoms with Gasteiger partial charge in [-0.05, 0) is 36.8 Å². The number of benzene rings is 2. The molecule has 0 aliphatic heterocycles. The molecule has 0 aromatic heterocycles. The molecule has 1 unspecified atom stereocenters. The average molecular weight is 450 g/mol. The van der Waals surface area contributed by atoms with Crippen molar-refractivity contribution >= 4 is 44.8 Å². The number of halogens is 1. The third-order valence-corrected chi connectivity index (χ3v) is 5.64. The van der Waals surface area contributed by atoms with Crippen molar-refractivity contribution in [3.63, 3.8) is 0 Å². The summed E-state index contributed by atoms with van der Waals surface area (Å²) in [6.07, 6.45) is 2.78. The van der Waals surface area contributed by atoms with Crippen molar-refractivity contribution in [1.29, 1.82) is 0 Å². The van der Waals surface area contributed by atoms with E-state index in [4.69, 9.17) is 11.6 Å². The zero-order valence-electron chi connectivity index (χ0n) is 16.8. The van der Waals surface area contributed by atoms with Gasteiger partial charge in [-0.25, -0.2) is 8.42 Å². The van der Waals surface area contributed by atoms with Crippen LogP contribution >= 0.6 is 11.6 Å². The van der Waals surface area contributed by atoms with E-state index in [0.717, 1.165) is 10.6 Å². The minimum Gasteiger partial charge on any atom is -0.349 e. The predicted molar refractivity (Wildman–Crippen MR) is 120 cm³/mol. The number of sulfonamides is 1.